The maximum absolute atomic E-state index is 13.6. The van der Waals surface area contributed by atoms with Gasteiger partial charge in [0.1, 0.15) is 11.6 Å². The molecule has 0 atom stereocenters. The number of nitrogens with one attached hydrogen (secondary N) is 1. The molecule has 1 N–H and O–H groups in total. The van der Waals surface area contributed by atoms with Crippen molar-refractivity contribution in [3.05, 3.63) is 66.1 Å². The van der Waals surface area contributed by atoms with Gasteiger partial charge in [0.15, 0.2) is 0 Å². The van der Waals surface area contributed by atoms with Gasteiger partial charge in [0, 0.05) is 5.69 Å². The van der Waals surface area contributed by atoms with Gasteiger partial charge >= 0.3 is 11.8 Å². The van der Waals surface area contributed by atoms with Crippen LogP contribution in [0.25, 0.3) is 11.5 Å². The Hall–Kier alpha value is -3.09. The predicted molar refractivity (Wildman–Crippen MR) is 74.0 cm³/mol. The lowest BCUT2D eigenvalue weighted by Crippen LogP contribution is -2.12. The van der Waals surface area contributed by atoms with Gasteiger partial charge in [0.2, 0.25) is 0 Å². The maximum atomic E-state index is 13.6. The first-order valence-corrected chi connectivity index (χ1v) is 6.29. The fraction of sp³-hybridized carbons (Fsp3) is 0. The van der Waals surface area contributed by atoms with E-state index in [2.05, 4.69) is 15.5 Å². The third kappa shape index (κ3) is 2.83. The van der Waals surface area contributed by atoms with E-state index in [1.165, 1.54) is 42.5 Å². The van der Waals surface area contributed by atoms with E-state index in [-0.39, 0.29) is 17.3 Å². The van der Waals surface area contributed by atoms with E-state index in [0.29, 0.717) is 5.69 Å². The molecule has 5 nitrogen and oxygen atoms in total. The van der Waals surface area contributed by atoms with Crippen LogP contribution in [0.15, 0.2) is 52.9 Å². The summed E-state index contributed by atoms with van der Waals surface area (Å²) in [6.45, 7) is 0. The zero-order chi connectivity index (χ0) is 15.5. The van der Waals surface area contributed by atoms with Gasteiger partial charge < -0.3 is 9.73 Å². The van der Waals surface area contributed by atoms with Crippen LogP contribution in [0, 0.1) is 11.6 Å². The van der Waals surface area contributed by atoms with Crippen LogP contribution in [0.3, 0.4) is 0 Å². The van der Waals surface area contributed by atoms with Crippen LogP contribution in [-0.4, -0.2) is 16.1 Å². The molecule has 0 saturated heterocycles. The molecule has 1 aromatic heterocycles. The lowest BCUT2D eigenvalue weighted by Gasteiger charge is -2.01. The molecule has 1 amide bonds. The van der Waals surface area contributed by atoms with Crippen molar-refractivity contribution in [2.24, 2.45) is 0 Å². The van der Waals surface area contributed by atoms with Crippen molar-refractivity contribution in [1.29, 1.82) is 0 Å². The Morgan fingerprint density at radius 3 is 2.45 bits per heavy atom. The Labute approximate surface area is 123 Å². The summed E-state index contributed by atoms with van der Waals surface area (Å²) in [7, 11) is 0. The number of hydrogen-bond acceptors (Lipinski definition) is 4. The first-order valence-electron chi connectivity index (χ1n) is 6.29. The van der Waals surface area contributed by atoms with Crippen molar-refractivity contribution < 1.29 is 18.0 Å². The molecule has 0 saturated carbocycles. The Kier molecular flexibility index (Phi) is 3.61. The predicted octanol–water partition coefficient (Wildman–Crippen LogP) is 3.27. The topological polar surface area (TPSA) is 68.0 Å². The van der Waals surface area contributed by atoms with Crippen LogP contribution in [0.2, 0.25) is 0 Å². The summed E-state index contributed by atoms with van der Waals surface area (Å²) in [5.41, 5.74) is 0.480. The summed E-state index contributed by atoms with van der Waals surface area (Å²) in [5, 5.41) is 9.69. The van der Waals surface area contributed by atoms with E-state index in [9.17, 15) is 13.6 Å². The first-order chi connectivity index (χ1) is 10.6. The van der Waals surface area contributed by atoms with Gasteiger partial charge in [-0.05, 0) is 36.4 Å². The zero-order valence-corrected chi connectivity index (χ0v) is 11.1. The smallest absolute Gasteiger partial charge is 0.313 e. The highest BCUT2D eigenvalue weighted by molar-refractivity contribution is 6.00. The van der Waals surface area contributed by atoms with Gasteiger partial charge in [-0.1, -0.05) is 12.1 Å². The number of halogens is 2. The third-order valence-corrected chi connectivity index (χ3v) is 2.83. The summed E-state index contributed by atoms with van der Waals surface area (Å²) in [6, 6.07) is 11.0. The summed E-state index contributed by atoms with van der Waals surface area (Å²) < 4.78 is 31.6. The highest BCUT2D eigenvalue weighted by Gasteiger charge is 2.17. The molecule has 2 aromatic carbocycles. The Morgan fingerprint density at radius 1 is 1.00 bits per heavy atom. The number of hydrogen-bond donors (Lipinski definition) is 1. The number of benzene rings is 2. The monoisotopic (exact) mass is 301 g/mol. The van der Waals surface area contributed by atoms with E-state index in [4.69, 9.17) is 4.42 Å². The van der Waals surface area contributed by atoms with E-state index in [0.717, 1.165) is 0 Å². The fourth-order valence-electron chi connectivity index (χ4n) is 1.78. The van der Waals surface area contributed by atoms with Gasteiger partial charge in [-0.3, -0.25) is 4.79 Å². The Balaban J connectivity index is 1.80. The molecular formula is C15H9F2N3O2. The van der Waals surface area contributed by atoms with Gasteiger partial charge in [-0.2, -0.15) is 0 Å². The zero-order valence-electron chi connectivity index (χ0n) is 11.1. The number of amides is 1. The standard InChI is InChI=1S/C15H9F2N3O2/c16-9-5-7-10(8-6-9)18-13(21)15-20-19-14(22-15)11-3-1-2-4-12(11)17/h1-8H,(H,18,21). The number of rotatable bonds is 3. The lowest BCUT2D eigenvalue weighted by molar-refractivity contribution is 0.0991. The van der Waals surface area contributed by atoms with Crippen molar-refractivity contribution in [1.82, 2.24) is 10.2 Å². The quantitative estimate of drug-likeness (QED) is 0.806. The number of aromatic nitrogens is 2. The number of anilines is 1. The first kappa shape index (κ1) is 13.9. The fourth-order valence-corrected chi connectivity index (χ4v) is 1.78. The highest BCUT2D eigenvalue weighted by Crippen LogP contribution is 2.21. The average molecular weight is 301 g/mol. The average Bonchev–Trinajstić information content (AvgIpc) is 3.00. The SMILES string of the molecule is O=C(Nc1ccc(F)cc1)c1nnc(-c2ccccc2F)o1. The van der Waals surface area contributed by atoms with Crippen molar-refractivity contribution in [3.8, 4) is 11.5 Å². The molecule has 0 spiro atoms. The molecule has 3 rings (SSSR count). The maximum Gasteiger partial charge on any atom is 0.313 e. The number of carbonyl (C=O) groups is 1. The second-order valence-electron chi connectivity index (χ2n) is 4.35. The number of carbonyl (C=O) groups excluding carboxylic acids is 1. The van der Waals surface area contributed by atoms with Crippen LogP contribution in [0.1, 0.15) is 10.7 Å². The van der Waals surface area contributed by atoms with Crippen molar-refractivity contribution >= 4 is 11.6 Å². The van der Waals surface area contributed by atoms with E-state index >= 15 is 0 Å². The van der Waals surface area contributed by atoms with Crippen LogP contribution in [-0.2, 0) is 0 Å². The minimum Gasteiger partial charge on any atom is -0.412 e. The van der Waals surface area contributed by atoms with E-state index in [1.54, 1.807) is 6.07 Å². The van der Waals surface area contributed by atoms with E-state index < -0.39 is 17.5 Å². The Bertz CT molecular complexity index is 816. The molecule has 110 valence electrons. The van der Waals surface area contributed by atoms with Crippen molar-refractivity contribution in [2.75, 3.05) is 5.32 Å². The molecular weight excluding hydrogens is 292 g/mol. The van der Waals surface area contributed by atoms with Gasteiger partial charge in [0.05, 0.1) is 5.56 Å². The van der Waals surface area contributed by atoms with E-state index in [1.807, 2.05) is 0 Å². The Morgan fingerprint density at radius 2 is 1.73 bits per heavy atom. The molecule has 3 aromatic rings. The van der Waals surface area contributed by atoms with Crippen molar-refractivity contribution in [2.45, 2.75) is 0 Å². The molecule has 0 radical (unpaired) electrons. The lowest BCUT2D eigenvalue weighted by atomic mass is 10.2. The van der Waals surface area contributed by atoms with Gasteiger partial charge in [-0.15, -0.1) is 10.2 Å². The van der Waals surface area contributed by atoms with Gasteiger partial charge in [0.25, 0.3) is 5.89 Å². The molecule has 7 heteroatoms. The van der Waals surface area contributed by atoms with Crippen LogP contribution < -0.4 is 5.32 Å². The molecule has 0 aliphatic rings. The molecule has 0 aliphatic heterocycles. The molecule has 0 unspecified atom stereocenters. The van der Waals surface area contributed by atoms with Crippen LogP contribution in [0.4, 0.5) is 14.5 Å². The minimum absolute atomic E-state index is 0.0950. The largest absolute Gasteiger partial charge is 0.412 e. The molecule has 0 aliphatic carbocycles. The van der Waals surface area contributed by atoms with Crippen LogP contribution >= 0.6 is 0 Å². The summed E-state index contributed by atoms with van der Waals surface area (Å²) >= 11 is 0. The normalized spacial score (nSPS) is 10.5. The highest BCUT2D eigenvalue weighted by atomic mass is 19.1. The third-order valence-electron chi connectivity index (χ3n) is 2.83. The molecule has 1 heterocycles. The van der Waals surface area contributed by atoms with Crippen LogP contribution in [0.5, 0.6) is 0 Å². The summed E-state index contributed by atoms with van der Waals surface area (Å²) in [6.07, 6.45) is 0. The minimum atomic E-state index is -0.665. The number of nitrogens with zero attached hydrogens (tertiary/aromatic N) is 2. The van der Waals surface area contributed by atoms with Gasteiger partial charge in [-0.25, -0.2) is 8.78 Å². The molecule has 22 heavy (non-hydrogen) atoms. The summed E-state index contributed by atoms with van der Waals surface area (Å²) in [4.78, 5) is 11.9. The molecule has 0 fully saturated rings. The second kappa shape index (κ2) is 5.72. The van der Waals surface area contributed by atoms with Crippen molar-refractivity contribution in [3.63, 3.8) is 0 Å². The molecule has 0 bridgehead atoms. The second-order valence-corrected chi connectivity index (χ2v) is 4.35. The summed E-state index contributed by atoms with van der Waals surface area (Å²) in [5.74, 6) is -2.03.